The summed E-state index contributed by atoms with van der Waals surface area (Å²) in [5.41, 5.74) is 0.689. The van der Waals surface area contributed by atoms with Gasteiger partial charge >= 0.3 is 5.97 Å². The first-order chi connectivity index (χ1) is 11.3. The minimum Gasteiger partial charge on any atom is -0.480 e. The van der Waals surface area contributed by atoms with Crippen molar-refractivity contribution in [3.63, 3.8) is 0 Å². The van der Waals surface area contributed by atoms with Gasteiger partial charge in [-0.25, -0.2) is 0 Å². The number of benzene rings is 1. The summed E-state index contributed by atoms with van der Waals surface area (Å²) in [7, 11) is 0. The summed E-state index contributed by atoms with van der Waals surface area (Å²) in [4.78, 5) is 35.3. The molecule has 2 rings (SSSR count). The number of aryl methyl sites for hydroxylation is 1. The largest absolute Gasteiger partial charge is 0.480 e. The molecule has 2 N–H and O–H groups in total. The van der Waals surface area contributed by atoms with Crippen molar-refractivity contribution in [1.29, 1.82) is 0 Å². The molecule has 0 saturated heterocycles. The van der Waals surface area contributed by atoms with Gasteiger partial charge in [-0.2, -0.15) is 0 Å². The standard InChI is InChI=1S/C16H21N3O5/c1-3-18(9-15(20)21)13-7-12(8-13)17-16(22)11-5-4-10(2)14(6-11)19(23)24/h4-6,12-13H,3,7-9H2,1-2H3,(H,17,22)(H,20,21). The van der Waals surface area contributed by atoms with Crippen LogP contribution < -0.4 is 5.32 Å². The number of amides is 1. The first kappa shape index (κ1) is 17.9. The molecule has 1 aliphatic rings. The van der Waals surface area contributed by atoms with Gasteiger partial charge in [-0.1, -0.05) is 13.0 Å². The fourth-order valence-electron chi connectivity index (χ4n) is 2.89. The van der Waals surface area contributed by atoms with Crippen LogP contribution in [-0.4, -0.2) is 52.0 Å². The minimum absolute atomic E-state index is 0.00795. The maximum absolute atomic E-state index is 12.2. The molecule has 8 nitrogen and oxygen atoms in total. The highest BCUT2D eigenvalue weighted by atomic mass is 16.6. The zero-order chi connectivity index (χ0) is 17.9. The Hall–Kier alpha value is -2.48. The molecule has 0 heterocycles. The number of rotatable bonds is 7. The molecule has 1 aliphatic carbocycles. The van der Waals surface area contributed by atoms with Crippen molar-refractivity contribution < 1.29 is 19.6 Å². The molecule has 0 unspecified atom stereocenters. The molecule has 0 aliphatic heterocycles. The van der Waals surface area contributed by atoms with Crippen molar-refractivity contribution in [2.24, 2.45) is 0 Å². The number of carbonyl (C=O) groups is 2. The number of nitrogens with zero attached hydrogens (tertiary/aromatic N) is 2. The molecule has 8 heteroatoms. The molecule has 0 atom stereocenters. The lowest BCUT2D eigenvalue weighted by atomic mass is 9.85. The molecule has 24 heavy (non-hydrogen) atoms. The predicted octanol–water partition coefficient (Wildman–Crippen LogP) is 1.57. The minimum atomic E-state index is -0.865. The smallest absolute Gasteiger partial charge is 0.317 e. The molecule has 130 valence electrons. The van der Waals surface area contributed by atoms with Gasteiger partial charge in [0.25, 0.3) is 11.6 Å². The molecule has 0 radical (unpaired) electrons. The predicted molar refractivity (Wildman–Crippen MR) is 87.0 cm³/mol. The lowest BCUT2D eigenvalue weighted by Gasteiger charge is -2.42. The van der Waals surface area contributed by atoms with Crippen molar-refractivity contribution in [2.75, 3.05) is 13.1 Å². The first-order valence-corrected chi connectivity index (χ1v) is 7.83. The maximum atomic E-state index is 12.2. The number of hydrogen-bond acceptors (Lipinski definition) is 5. The van der Waals surface area contributed by atoms with Crippen LogP contribution in [0.3, 0.4) is 0 Å². The summed E-state index contributed by atoms with van der Waals surface area (Å²) in [5.74, 6) is -1.21. The van der Waals surface area contributed by atoms with E-state index in [4.69, 9.17) is 5.11 Å². The highest BCUT2D eigenvalue weighted by Gasteiger charge is 2.34. The van der Waals surface area contributed by atoms with Crippen molar-refractivity contribution in [1.82, 2.24) is 10.2 Å². The average Bonchev–Trinajstić information content (AvgIpc) is 2.48. The second-order valence-electron chi connectivity index (χ2n) is 6.01. The van der Waals surface area contributed by atoms with Gasteiger partial charge in [0.15, 0.2) is 0 Å². The van der Waals surface area contributed by atoms with E-state index in [0.29, 0.717) is 24.9 Å². The number of hydrogen-bond donors (Lipinski definition) is 2. The van der Waals surface area contributed by atoms with Gasteiger partial charge in [0.05, 0.1) is 11.5 Å². The summed E-state index contributed by atoms with van der Waals surface area (Å²) >= 11 is 0. The highest BCUT2D eigenvalue weighted by Crippen LogP contribution is 2.26. The molecule has 0 spiro atoms. The van der Waals surface area contributed by atoms with Crippen molar-refractivity contribution in [2.45, 2.75) is 38.8 Å². The lowest BCUT2D eigenvalue weighted by molar-refractivity contribution is -0.385. The van der Waals surface area contributed by atoms with Crippen LogP contribution in [0, 0.1) is 17.0 Å². The van der Waals surface area contributed by atoms with Crippen LogP contribution in [0.25, 0.3) is 0 Å². The summed E-state index contributed by atoms with van der Waals surface area (Å²) < 4.78 is 0. The quantitative estimate of drug-likeness (QED) is 0.578. The fourth-order valence-corrected chi connectivity index (χ4v) is 2.89. The van der Waals surface area contributed by atoms with Gasteiger partial charge in [-0.05, 0) is 32.4 Å². The van der Waals surface area contributed by atoms with E-state index in [2.05, 4.69) is 5.32 Å². The molecule has 0 aromatic heterocycles. The van der Waals surface area contributed by atoms with Crippen LogP contribution in [0.1, 0.15) is 35.7 Å². The van der Waals surface area contributed by atoms with Gasteiger partial charge in [-0.15, -0.1) is 0 Å². The Morgan fingerprint density at radius 2 is 2.08 bits per heavy atom. The van der Waals surface area contributed by atoms with E-state index in [0.717, 1.165) is 0 Å². The molecular weight excluding hydrogens is 314 g/mol. The van der Waals surface area contributed by atoms with Crippen LogP contribution in [0.2, 0.25) is 0 Å². The van der Waals surface area contributed by atoms with Crippen LogP contribution in [0.15, 0.2) is 18.2 Å². The van der Waals surface area contributed by atoms with E-state index in [1.807, 2.05) is 11.8 Å². The normalized spacial score (nSPS) is 19.6. The molecule has 1 fully saturated rings. The Labute approximate surface area is 139 Å². The monoisotopic (exact) mass is 335 g/mol. The number of nitro benzene ring substituents is 1. The van der Waals surface area contributed by atoms with Gasteiger partial charge < -0.3 is 10.4 Å². The van der Waals surface area contributed by atoms with Gasteiger partial charge in [0, 0.05) is 29.3 Å². The third-order valence-corrected chi connectivity index (χ3v) is 4.38. The number of nitro groups is 1. The van der Waals surface area contributed by atoms with Crippen molar-refractivity contribution >= 4 is 17.6 Å². The zero-order valence-electron chi connectivity index (χ0n) is 13.7. The first-order valence-electron chi connectivity index (χ1n) is 7.83. The Morgan fingerprint density at radius 1 is 1.42 bits per heavy atom. The Balaban J connectivity index is 1.92. The van der Waals surface area contributed by atoms with E-state index >= 15 is 0 Å². The van der Waals surface area contributed by atoms with Gasteiger partial charge in [0.2, 0.25) is 0 Å². The summed E-state index contributed by atoms with van der Waals surface area (Å²) in [6, 6.07) is 4.51. The van der Waals surface area contributed by atoms with Crippen LogP contribution in [-0.2, 0) is 4.79 Å². The number of carboxylic acid groups (broad SMARTS) is 1. The average molecular weight is 335 g/mol. The molecule has 1 saturated carbocycles. The SMILES string of the molecule is CCN(CC(=O)O)C1CC(NC(=O)c2ccc(C)c([N+](=O)[O-])c2)C1. The summed E-state index contributed by atoms with van der Waals surface area (Å²) in [5, 5.41) is 22.7. The van der Waals surface area contributed by atoms with Crippen LogP contribution >= 0.6 is 0 Å². The second-order valence-corrected chi connectivity index (χ2v) is 6.01. The topological polar surface area (TPSA) is 113 Å². The Bertz CT molecular complexity index is 655. The third-order valence-electron chi connectivity index (χ3n) is 4.38. The molecular formula is C16H21N3O5. The van der Waals surface area contributed by atoms with Crippen LogP contribution in [0.4, 0.5) is 5.69 Å². The van der Waals surface area contributed by atoms with E-state index in [9.17, 15) is 19.7 Å². The van der Waals surface area contributed by atoms with E-state index in [1.54, 1.807) is 19.1 Å². The third kappa shape index (κ3) is 4.08. The summed E-state index contributed by atoms with van der Waals surface area (Å²) in [6.45, 7) is 4.16. The Kier molecular flexibility index (Phi) is 5.50. The fraction of sp³-hybridized carbons (Fsp3) is 0.500. The molecule has 1 aromatic rings. The summed E-state index contributed by atoms with van der Waals surface area (Å²) in [6.07, 6.45) is 1.36. The number of carboxylic acids is 1. The van der Waals surface area contributed by atoms with E-state index < -0.39 is 10.9 Å². The van der Waals surface area contributed by atoms with E-state index in [-0.39, 0.29) is 35.8 Å². The number of aliphatic carboxylic acids is 1. The van der Waals surface area contributed by atoms with Crippen molar-refractivity contribution in [3.05, 3.63) is 39.4 Å². The molecule has 0 bridgehead atoms. The Morgan fingerprint density at radius 3 is 2.62 bits per heavy atom. The molecule has 1 aromatic carbocycles. The maximum Gasteiger partial charge on any atom is 0.317 e. The van der Waals surface area contributed by atoms with Crippen LogP contribution in [0.5, 0.6) is 0 Å². The second kappa shape index (κ2) is 7.39. The lowest BCUT2D eigenvalue weighted by Crippen LogP contribution is -2.54. The number of nitrogens with one attached hydrogen (secondary N) is 1. The van der Waals surface area contributed by atoms with Gasteiger partial charge in [-0.3, -0.25) is 24.6 Å². The van der Waals surface area contributed by atoms with E-state index in [1.165, 1.54) is 6.07 Å². The van der Waals surface area contributed by atoms with Gasteiger partial charge in [0.1, 0.15) is 0 Å². The number of likely N-dealkylation sites (N-methyl/N-ethyl adjacent to an activating group) is 1. The zero-order valence-corrected chi connectivity index (χ0v) is 13.7. The van der Waals surface area contributed by atoms with Crippen molar-refractivity contribution in [3.8, 4) is 0 Å². The number of carbonyl (C=O) groups excluding carboxylic acids is 1. The highest BCUT2D eigenvalue weighted by molar-refractivity contribution is 5.95. The molecule has 1 amide bonds.